The first-order chi connectivity index (χ1) is 8.81. The Hall–Kier alpha value is -1.80. The number of phenolic OH excluding ortho intramolecular Hbond substituents is 1. The molecule has 0 amide bonds. The fourth-order valence-electron chi connectivity index (χ4n) is 2.95. The van der Waals surface area contributed by atoms with Crippen molar-refractivity contribution < 1.29 is 10.2 Å². The Morgan fingerprint density at radius 3 is 2.78 bits per heavy atom. The standard InChI is InChI=1S/C16H15O2/c17-10-12-9-11-5-1-2-6-13(11)16(12)14-7-3-4-8-15(14)18/h1-2,4-8,12,16-18H,9-10H2/t12-,16?/m0/s1. The number of aliphatic hydroxyl groups excluding tert-OH is 1. The summed E-state index contributed by atoms with van der Waals surface area (Å²) in [6.45, 7) is 0.133. The van der Waals surface area contributed by atoms with Gasteiger partial charge >= 0.3 is 0 Å². The maximum atomic E-state index is 10.0. The van der Waals surface area contributed by atoms with Gasteiger partial charge in [-0.2, -0.15) is 0 Å². The molecule has 2 N–H and O–H groups in total. The third kappa shape index (κ3) is 1.70. The van der Waals surface area contributed by atoms with Gasteiger partial charge in [-0.1, -0.05) is 30.3 Å². The van der Waals surface area contributed by atoms with Gasteiger partial charge in [-0.15, -0.1) is 0 Å². The van der Waals surface area contributed by atoms with Gasteiger partial charge in [0.1, 0.15) is 5.75 Å². The van der Waals surface area contributed by atoms with E-state index in [4.69, 9.17) is 0 Å². The van der Waals surface area contributed by atoms with Crippen LogP contribution < -0.4 is 0 Å². The van der Waals surface area contributed by atoms with Crippen LogP contribution in [0.4, 0.5) is 0 Å². The predicted molar refractivity (Wildman–Crippen MR) is 69.5 cm³/mol. The maximum absolute atomic E-state index is 10.0. The lowest BCUT2D eigenvalue weighted by Crippen LogP contribution is -2.13. The number of aromatic hydroxyl groups is 1. The van der Waals surface area contributed by atoms with Gasteiger partial charge in [-0.05, 0) is 41.7 Å². The van der Waals surface area contributed by atoms with E-state index in [1.165, 1.54) is 11.1 Å². The zero-order valence-corrected chi connectivity index (χ0v) is 10.0. The Kier molecular flexibility index (Phi) is 2.80. The quantitative estimate of drug-likeness (QED) is 0.845. The molecule has 0 saturated carbocycles. The van der Waals surface area contributed by atoms with E-state index in [1.54, 1.807) is 12.1 Å². The summed E-state index contributed by atoms with van der Waals surface area (Å²) in [5.41, 5.74) is 3.35. The minimum absolute atomic E-state index is 0.0728. The highest BCUT2D eigenvalue weighted by Gasteiger charge is 2.34. The van der Waals surface area contributed by atoms with E-state index in [-0.39, 0.29) is 24.2 Å². The second kappa shape index (κ2) is 4.46. The molecular weight excluding hydrogens is 224 g/mol. The van der Waals surface area contributed by atoms with Gasteiger partial charge < -0.3 is 10.2 Å². The summed E-state index contributed by atoms with van der Waals surface area (Å²) < 4.78 is 0. The van der Waals surface area contributed by atoms with Crippen molar-refractivity contribution in [2.45, 2.75) is 12.3 Å². The molecule has 18 heavy (non-hydrogen) atoms. The largest absolute Gasteiger partial charge is 0.508 e. The van der Waals surface area contributed by atoms with E-state index in [2.05, 4.69) is 18.2 Å². The second-order valence-electron chi connectivity index (χ2n) is 4.81. The zero-order chi connectivity index (χ0) is 12.5. The summed E-state index contributed by atoms with van der Waals surface area (Å²) >= 11 is 0. The van der Waals surface area contributed by atoms with Crippen molar-refractivity contribution >= 4 is 0 Å². The van der Waals surface area contributed by atoms with Gasteiger partial charge in [-0.3, -0.25) is 0 Å². The smallest absolute Gasteiger partial charge is 0.119 e. The summed E-state index contributed by atoms with van der Waals surface area (Å²) in [6.07, 6.45) is 0.867. The van der Waals surface area contributed by atoms with Gasteiger partial charge in [0.2, 0.25) is 0 Å². The number of rotatable bonds is 2. The fourth-order valence-corrected chi connectivity index (χ4v) is 2.95. The van der Waals surface area contributed by atoms with Crippen LogP contribution in [0.3, 0.4) is 0 Å². The lowest BCUT2D eigenvalue weighted by Gasteiger charge is -2.20. The van der Waals surface area contributed by atoms with Crippen LogP contribution in [0.2, 0.25) is 0 Å². The number of phenols is 1. The highest BCUT2D eigenvalue weighted by molar-refractivity contribution is 5.47. The van der Waals surface area contributed by atoms with Crippen molar-refractivity contribution in [3.8, 4) is 5.75 Å². The Balaban J connectivity index is 2.12. The first kappa shape index (κ1) is 11.3. The van der Waals surface area contributed by atoms with Crippen LogP contribution in [-0.2, 0) is 6.42 Å². The Morgan fingerprint density at radius 1 is 1.17 bits per heavy atom. The summed E-state index contributed by atoms with van der Waals surface area (Å²) in [7, 11) is 0. The summed E-state index contributed by atoms with van der Waals surface area (Å²) in [5, 5.41) is 19.6. The van der Waals surface area contributed by atoms with Crippen molar-refractivity contribution in [1.82, 2.24) is 0 Å². The molecule has 3 rings (SSSR count). The minimum atomic E-state index is 0.0728. The summed E-state index contributed by atoms with van der Waals surface area (Å²) in [6, 6.07) is 16.4. The molecule has 0 bridgehead atoms. The van der Waals surface area contributed by atoms with E-state index in [9.17, 15) is 10.2 Å². The van der Waals surface area contributed by atoms with Crippen molar-refractivity contribution in [2.75, 3.05) is 6.61 Å². The van der Waals surface area contributed by atoms with Crippen LogP contribution in [0.15, 0.2) is 42.5 Å². The SMILES string of the molecule is OC[C@@H]1Cc2ccccc2C1c1c[c]ccc1O. The molecule has 2 aromatic rings. The van der Waals surface area contributed by atoms with Gasteiger partial charge in [0.25, 0.3) is 0 Å². The molecule has 0 heterocycles. The number of hydrogen-bond acceptors (Lipinski definition) is 2. The van der Waals surface area contributed by atoms with Gasteiger partial charge in [0.15, 0.2) is 0 Å². The van der Waals surface area contributed by atoms with Crippen LogP contribution in [0.25, 0.3) is 0 Å². The summed E-state index contributed by atoms with van der Waals surface area (Å²) in [4.78, 5) is 0. The Labute approximate surface area is 107 Å². The Bertz CT molecular complexity index is 563. The molecule has 1 aliphatic rings. The molecule has 2 atom stereocenters. The second-order valence-corrected chi connectivity index (χ2v) is 4.81. The normalized spacial score (nSPS) is 21.8. The molecule has 0 saturated heterocycles. The lowest BCUT2D eigenvalue weighted by atomic mass is 9.86. The van der Waals surface area contributed by atoms with E-state index in [0.717, 1.165) is 12.0 Å². The first-order valence-corrected chi connectivity index (χ1v) is 6.19. The van der Waals surface area contributed by atoms with Crippen LogP contribution >= 0.6 is 0 Å². The minimum Gasteiger partial charge on any atom is -0.508 e. The van der Waals surface area contributed by atoms with Crippen molar-refractivity contribution in [2.24, 2.45) is 5.92 Å². The third-order valence-corrected chi connectivity index (χ3v) is 3.79. The number of hydrogen-bond donors (Lipinski definition) is 2. The number of benzene rings is 2. The van der Waals surface area contributed by atoms with Crippen LogP contribution in [-0.4, -0.2) is 16.8 Å². The maximum Gasteiger partial charge on any atom is 0.119 e. The molecule has 0 fully saturated rings. The topological polar surface area (TPSA) is 40.5 Å². The predicted octanol–water partition coefficient (Wildman–Crippen LogP) is 2.49. The highest BCUT2D eigenvalue weighted by Crippen LogP contribution is 2.44. The first-order valence-electron chi connectivity index (χ1n) is 6.19. The fraction of sp³-hybridized carbons (Fsp3) is 0.250. The molecule has 2 aromatic carbocycles. The molecule has 0 spiro atoms. The lowest BCUT2D eigenvalue weighted by molar-refractivity contribution is 0.220. The van der Waals surface area contributed by atoms with Gasteiger partial charge in [0.05, 0.1) is 0 Å². The van der Waals surface area contributed by atoms with Crippen LogP contribution in [0.1, 0.15) is 22.6 Å². The van der Waals surface area contributed by atoms with E-state index in [1.807, 2.05) is 18.2 Å². The van der Waals surface area contributed by atoms with Crippen molar-refractivity contribution in [1.29, 1.82) is 0 Å². The van der Waals surface area contributed by atoms with Crippen LogP contribution in [0.5, 0.6) is 5.75 Å². The van der Waals surface area contributed by atoms with E-state index >= 15 is 0 Å². The number of fused-ring (bicyclic) bond motifs is 1. The van der Waals surface area contributed by atoms with Gasteiger partial charge in [-0.25, -0.2) is 0 Å². The molecular formula is C16H15O2. The van der Waals surface area contributed by atoms with Crippen molar-refractivity contribution in [3.63, 3.8) is 0 Å². The molecule has 91 valence electrons. The molecule has 0 aliphatic heterocycles. The molecule has 0 aromatic heterocycles. The molecule has 1 aliphatic carbocycles. The monoisotopic (exact) mass is 239 g/mol. The average molecular weight is 239 g/mol. The number of aliphatic hydroxyl groups is 1. The molecule has 2 nitrogen and oxygen atoms in total. The van der Waals surface area contributed by atoms with Crippen LogP contribution in [0, 0.1) is 12.0 Å². The zero-order valence-electron chi connectivity index (χ0n) is 10.0. The molecule has 1 radical (unpaired) electrons. The third-order valence-electron chi connectivity index (χ3n) is 3.79. The summed E-state index contributed by atoms with van der Waals surface area (Å²) in [5.74, 6) is 0.502. The Morgan fingerprint density at radius 2 is 2.00 bits per heavy atom. The molecule has 1 unspecified atom stereocenters. The average Bonchev–Trinajstić information content (AvgIpc) is 2.78. The molecule has 2 heteroatoms. The van der Waals surface area contributed by atoms with E-state index in [0.29, 0.717) is 0 Å². The van der Waals surface area contributed by atoms with Gasteiger partial charge in [0, 0.05) is 18.1 Å². The highest BCUT2D eigenvalue weighted by atomic mass is 16.3. The van der Waals surface area contributed by atoms with E-state index < -0.39 is 0 Å². The van der Waals surface area contributed by atoms with Crippen molar-refractivity contribution in [3.05, 3.63) is 65.2 Å².